The predicted molar refractivity (Wildman–Crippen MR) is 442 cm³/mol. The third kappa shape index (κ3) is 38.6. The minimum absolute atomic E-state index is 0.0632. The Morgan fingerprint density at radius 1 is 0.305 bits per heavy atom. The quantitative estimate of drug-likeness (QED) is 0.0264. The van der Waals surface area contributed by atoms with Gasteiger partial charge in [-0.15, -0.1) is 0 Å². The fourth-order valence-corrected chi connectivity index (χ4v) is 10.5. The number of aromatic nitrogens is 12. The number of carbonyl (C=O) groups is 5. The van der Waals surface area contributed by atoms with E-state index in [1.807, 2.05) is 118 Å². The summed E-state index contributed by atoms with van der Waals surface area (Å²) in [7, 11) is 6.54. The molecule has 0 aliphatic carbocycles. The Morgan fingerprint density at radius 2 is 0.610 bits per heavy atom. The Labute approximate surface area is 690 Å². The molecule has 0 spiro atoms. The molecular formula is C88H112N12O18. The lowest BCUT2D eigenvalue weighted by atomic mass is 10.1. The fraction of sp³-hybridized carbons (Fsp3) is 0.420. The van der Waals surface area contributed by atoms with Crippen LogP contribution in [0.1, 0.15) is 146 Å². The number of Topliss-reactive ketones (excluding diaryl/α,β-unsaturated/α-hetero) is 5. The van der Waals surface area contributed by atoms with Gasteiger partial charge in [0.05, 0.1) is 105 Å². The molecule has 0 saturated heterocycles. The monoisotopic (exact) mass is 1620 g/mol. The molecule has 10 heterocycles. The smallest absolute Gasteiger partial charge is 0.188 e. The van der Waals surface area contributed by atoms with Crippen molar-refractivity contribution in [3.63, 3.8) is 0 Å². The zero-order chi connectivity index (χ0) is 85.2. The van der Waals surface area contributed by atoms with Crippen LogP contribution >= 0.6 is 0 Å². The normalized spacial score (nSPS) is 10.7. The Hall–Kier alpha value is -11.4. The van der Waals surface area contributed by atoms with E-state index in [1.54, 1.807) is 114 Å². The number of hydrogen-bond acceptors (Lipinski definition) is 28. The van der Waals surface area contributed by atoms with Crippen LogP contribution in [0, 0.1) is 62.3 Å². The van der Waals surface area contributed by atoms with Gasteiger partial charge in [0.1, 0.15) is 95.3 Å². The molecule has 0 aliphatic heterocycles. The van der Waals surface area contributed by atoms with Crippen LogP contribution in [0.5, 0.6) is 28.7 Å². The van der Waals surface area contributed by atoms with E-state index in [0.717, 1.165) is 74.5 Å². The molecule has 632 valence electrons. The molecule has 2 N–H and O–H groups in total. The molecule has 0 fully saturated rings. The first-order valence-electron chi connectivity index (χ1n) is 38.8. The summed E-state index contributed by atoms with van der Waals surface area (Å²) in [5, 5.41) is 0. The van der Waals surface area contributed by atoms with E-state index in [-0.39, 0.29) is 61.0 Å². The van der Waals surface area contributed by atoms with Crippen LogP contribution in [0.25, 0.3) is 0 Å². The maximum atomic E-state index is 12.5. The number of pyridine rings is 8. The number of aryl methyl sites for hydroxylation is 9. The number of aromatic amines is 2. The van der Waals surface area contributed by atoms with Crippen molar-refractivity contribution in [3.05, 3.63) is 242 Å². The number of nitrogens with one attached hydrogen (secondary N) is 2. The second kappa shape index (κ2) is 54.5. The molecule has 0 aromatic carbocycles. The summed E-state index contributed by atoms with van der Waals surface area (Å²) >= 11 is 0. The summed E-state index contributed by atoms with van der Waals surface area (Å²) in [5.41, 5.74) is 11.8. The van der Waals surface area contributed by atoms with Gasteiger partial charge < -0.3 is 71.5 Å². The first kappa shape index (κ1) is 95.5. The molecule has 0 aliphatic rings. The van der Waals surface area contributed by atoms with Crippen LogP contribution in [0.2, 0.25) is 0 Å². The SMILES string of the molecule is CCOCCOc1cc(C)nc(C(=O)Cc2ncc(C)[nH]2)c1.COCCCOc1cc(C)nc(C(=O)Cc2ccc(C)cn2)c1.COCCOCCOc1cc(C)nc(C(=O)Cc2ccc(C)cn2)c1.COCCOCCOc1cc(C)nc(C(=O)Cc2ccccn2)c1.COCCOCCOc1cc(C)nc(C(=O)Cc2ncc(C)[nH]2)c1. The average molecular weight is 1630 g/mol. The predicted octanol–water partition coefficient (Wildman–Crippen LogP) is 11.9. The lowest BCUT2D eigenvalue weighted by Gasteiger charge is -2.09. The topological polar surface area (TPSA) is 366 Å². The number of hydrogen-bond donors (Lipinski definition) is 2. The molecular weight excluding hydrogens is 1510 g/mol. The van der Waals surface area contributed by atoms with Crippen LogP contribution < -0.4 is 23.7 Å². The number of carbonyl (C=O) groups excluding carboxylic acids is 5. The minimum atomic E-state index is -0.103. The molecule has 0 atom stereocenters. The second-order valence-corrected chi connectivity index (χ2v) is 26.7. The number of nitrogens with zero attached hydrogens (tertiary/aromatic N) is 10. The Morgan fingerprint density at radius 3 is 0.890 bits per heavy atom. The molecule has 0 saturated carbocycles. The van der Waals surface area contributed by atoms with Gasteiger partial charge in [-0.05, 0) is 105 Å². The summed E-state index contributed by atoms with van der Waals surface area (Å²) in [5.74, 6) is 3.98. The third-order valence-corrected chi connectivity index (χ3v) is 16.2. The molecule has 0 bridgehead atoms. The first-order valence-corrected chi connectivity index (χ1v) is 38.8. The van der Waals surface area contributed by atoms with Crippen molar-refractivity contribution in [1.29, 1.82) is 0 Å². The maximum absolute atomic E-state index is 12.5. The highest BCUT2D eigenvalue weighted by Crippen LogP contribution is 2.22. The number of ether oxygens (including phenoxy) is 13. The number of imidazole rings is 2. The molecule has 30 nitrogen and oxygen atoms in total. The lowest BCUT2D eigenvalue weighted by Crippen LogP contribution is -2.12. The van der Waals surface area contributed by atoms with Crippen molar-refractivity contribution in [2.24, 2.45) is 0 Å². The van der Waals surface area contributed by atoms with Crippen molar-refractivity contribution in [2.75, 3.05) is 141 Å². The van der Waals surface area contributed by atoms with Gasteiger partial charge in [-0.25, -0.2) is 34.9 Å². The van der Waals surface area contributed by atoms with E-state index in [0.29, 0.717) is 181 Å². The summed E-state index contributed by atoms with van der Waals surface area (Å²) in [6.07, 6.45) is 10.4. The summed E-state index contributed by atoms with van der Waals surface area (Å²) in [6, 6.07) is 30.5. The average Bonchev–Trinajstić information content (AvgIpc) is 1.34. The number of H-pyrrole nitrogens is 2. The number of ketones is 5. The van der Waals surface area contributed by atoms with E-state index in [2.05, 4.69) is 59.8 Å². The zero-order valence-corrected chi connectivity index (χ0v) is 70.3. The number of methoxy groups -OCH3 is 4. The Bertz CT molecular complexity index is 4640. The van der Waals surface area contributed by atoms with Gasteiger partial charge in [-0.3, -0.25) is 38.9 Å². The number of rotatable bonds is 46. The van der Waals surface area contributed by atoms with Crippen LogP contribution in [0.4, 0.5) is 0 Å². The van der Waals surface area contributed by atoms with Gasteiger partial charge in [0.25, 0.3) is 0 Å². The van der Waals surface area contributed by atoms with E-state index in [1.165, 1.54) is 0 Å². The van der Waals surface area contributed by atoms with Crippen molar-refractivity contribution in [3.8, 4) is 28.7 Å². The van der Waals surface area contributed by atoms with Gasteiger partial charge in [0, 0.05) is 197 Å². The van der Waals surface area contributed by atoms with E-state index < -0.39 is 0 Å². The largest absolute Gasteiger partial charge is 0.493 e. The minimum Gasteiger partial charge on any atom is -0.493 e. The van der Waals surface area contributed by atoms with Crippen LogP contribution in [0.15, 0.2) is 134 Å². The molecule has 118 heavy (non-hydrogen) atoms. The van der Waals surface area contributed by atoms with Crippen molar-refractivity contribution >= 4 is 28.9 Å². The standard InChI is InChI=1S/C19H24N2O4.C18H22N2O4.C18H22N2O3.C17H23N3O4.C16H21N3O3/c1-14-4-5-16(20-13-14)11-19(22)18-12-17(10-15(2)21-18)25-9-8-24-7-6-23-3;1-14-11-16(24-10-9-23-8-7-22-2)13-17(20-14)18(21)12-15-5-3-4-6-19-15;1-13-5-6-15(19-12-13)10-18(21)17-11-16(9-14(2)20-17)23-8-4-7-22-3;1-12-8-14(24-7-6-23-5-4-22-3)9-15(19-12)16(21)10-17-18-11-13(2)20-17;1-4-21-5-6-22-13-7-11(2)18-14(8-13)15(20)9-16-17-10-12(3)19-16/h4-5,10,12-13H,6-9,11H2,1-3H3;3-6,11,13H,7-10,12H2,1-2H3;5-6,9,11-12H,4,7-8,10H2,1-3H3;8-9,11H,4-7,10H2,1-3H3,(H,18,20);7-8,10H,4-6,9H2,1-3H3,(H,17,19). The first-order chi connectivity index (χ1) is 57.0. The highest BCUT2D eigenvalue weighted by Gasteiger charge is 2.19. The van der Waals surface area contributed by atoms with Gasteiger partial charge in [0.15, 0.2) is 28.9 Å². The summed E-state index contributed by atoms with van der Waals surface area (Å²) < 4.78 is 69.1. The summed E-state index contributed by atoms with van der Waals surface area (Å²) in [4.78, 5) is 110. The van der Waals surface area contributed by atoms with Gasteiger partial charge in [-0.2, -0.15) is 0 Å². The fourth-order valence-electron chi connectivity index (χ4n) is 10.5. The third-order valence-electron chi connectivity index (χ3n) is 16.2. The Balaban J connectivity index is 0.000000229. The van der Waals surface area contributed by atoms with E-state index in [9.17, 15) is 24.0 Å². The second-order valence-electron chi connectivity index (χ2n) is 26.7. The zero-order valence-electron chi connectivity index (χ0n) is 70.3. The van der Waals surface area contributed by atoms with Crippen molar-refractivity contribution < 1.29 is 85.6 Å². The highest BCUT2D eigenvalue weighted by atomic mass is 16.6. The molecule has 0 unspecified atom stereocenters. The van der Waals surface area contributed by atoms with Crippen molar-refractivity contribution in [2.45, 2.75) is 108 Å². The molecule has 10 rings (SSSR count). The molecule has 10 aromatic heterocycles. The van der Waals surface area contributed by atoms with E-state index in [4.69, 9.17) is 61.6 Å². The van der Waals surface area contributed by atoms with Crippen LogP contribution in [0.3, 0.4) is 0 Å². The molecule has 0 amide bonds. The van der Waals surface area contributed by atoms with Crippen LogP contribution in [-0.2, 0) is 70.0 Å². The van der Waals surface area contributed by atoms with E-state index >= 15 is 0 Å². The van der Waals surface area contributed by atoms with Gasteiger partial charge >= 0.3 is 0 Å². The van der Waals surface area contributed by atoms with Crippen molar-refractivity contribution in [1.82, 2.24) is 59.8 Å². The molecule has 30 heteroatoms. The summed E-state index contributed by atoms with van der Waals surface area (Å²) in [6.45, 7) is 27.5. The lowest BCUT2D eigenvalue weighted by molar-refractivity contribution is 0.0544. The van der Waals surface area contributed by atoms with Gasteiger partial charge in [0.2, 0.25) is 0 Å². The molecule has 10 aromatic rings. The molecule has 0 radical (unpaired) electrons. The maximum Gasteiger partial charge on any atom is 0.188 e. The van der Waals surface area contributed by atoms with Crippen LogP contribution in [-0.4, -0.2) is 229 Å². The Kier molecular flexibility index (Phi) is 44.1. The van der Waals surface area contributed by atoms with Gasteiger partial charge in [-0.1, -0.05) is 18.2 Å². The highest BCUT2D eigenvalue weighted by molar-refractivity contribution is 5.98.